The number of fused-ring (bicyclic) bond motifs is 2. The van der Waals surface area contributed by atoms with Gasteiger partial charge in [-0.3, -0.25) is 0 Å². The van der Waals surface area contributed by atoms with Crippen molar-refractivity contribution in [2.24, 2.45) is 0 Å². The van der Waals surface area contributed by atoms with Crippen molar-refractivity contribution in [2.75, 3.05) is 7.05 Å². The number of hydrogen-bond acceptors (Lipinski definition) is 3. The van der Waals surface area contributed by atoms with E-state index in [2.05, 4.69) is 29.2 Å². The highest BCUT2D eigenvalue weighted by Gasteiger charge is 2.46. The van der Waals surface area contributed by atoms with Crippen molar-refractivity contribution in [2.45, 2.75) is 43.4 Å². The smallest absolute Gasteiger partial charge is 0.0926 e. The second-order valence-corrected chi connectivity index (χ2v) is 6.49. The molecular formula is C17H21N3O. The summed E-state index contributed by atoms with van der Waals surface area (Å²) in [6.45, 7) is 0. The summed E-state index contributed by atoms with van der Waals surface area (Å²) >= 11 is 0. The highest BCUT2D eigenvalue weighted by molar-refractivity contribution is 5.36. The SMILES string of the molecule is CN1C2CCC1CC(O)(c1ccc(-n3cccn3)cc1)C2. The Morgan fingerprint density at radius 1 is 1.14 bits per heavy atom. The van der Waals surface area contributed by atoms with Crippen molar-refractivity contribution in [3.05, 3.63) is 48.3 Å². The Balaban J connectivity index is 1.62. The van der Waals surface area contributed by atoms with Gasteiger partial charge in [-0.1, -0.05) is 12.1 Å². The van der Waals surface area contributed by atoms with Crippen molar-refractivity contribution in [3.8, 4) is 5.69 Å². The van der Waals surface area contributed by atoms with Crippen LogP contribution >= 0.6 is 0 Å². The number of nitrogens with zero attached hydrogens (tertiary/aromatic N) is 3. The van der Waals surface area contributed by atoms with E-state index in [1.807, 2.05) is 29.1 Å². The molecule has 0 radical (unpaired) electrons. The topological polar surface area (TPSA) is 41.3 Å². The van der Waals surface area contributed by atoms with E-state index in [4.69, 9.17) is 0 Å². The Hall–Kier alpha value is -1.65. The Morgan fingerprint density at radius 3 is 2.38 bits per heavy atom. The third-order valence-corrected chi connectivity index (χ3v) is 5.31. The van der Waals surface area contributed by atoms with Crippen LogP contribution in [0.1, 0.15) is 31.2 Å². The van der Waals surface area contributed by atoms with Crippen LogP contribution in [-0.4, -0.2) is 38.9 Å². The van der Waals surface area contributed by atoms with Crippen LogP contribution < -0.4 is 0 Å². The van der Waals surface area contributed by atoms with Gasteiger partial charge in [0.1, 0.15) is 0 Å². The second kappa shape index (κ2) is 4.68. The lowest BCUT2D eigenvalue weighted by molar-refractivity contribution is -0.0493. The molecule has 2 unspecified atom stereocenters. The Bertz CT molecular complexity index is 606. The molecule has 1 N–H and O–H groups in total. The molecule has 2 aliphatic heterocycles. The van der Waals surface area contributed by atoms with Gasteiger partial charge in [0.2, 0.25) is 0 Å². The van der Waals surface area contributed by atoms with E-state index >= 15 is 0 Å². The van der Waals surface area contributed by atoms with Gasteiger partial charge in [-0.05, 0) is 56.5 Å². The van der Waals surface area contributed by atoms with Crippen LogP contribution in [0, 0.1) is 0 Å². The third kappa shape index (κ3) is 2.10. The lowest BCUT2D eigenvalue weighted by atomic mass is 9.81. The predicted molar refractivity (Wildman–Crippen MR) is 81.3 cm³/mol. The molecule has 2 atom stereocenters. The molecule has 2 aromatic rings. The molecular weight excluding hydrogens is 262 g/mol. The number of rotatable bonds is 2. The van der Waals surface area contributed by atoms with Crippen LogP contribution in [-0.2, 0) is 5.60 Å². The maximum Gasteiger partial charge on any atom is 0.0926 e. The standard InChI is InChI=1S/C17H21N3O/c1-19-15-7-8-16(19)12-17(21,11-15)13-3-5-14(6-4-13)20-10-2-9-18-20/h2-6,9-10,15-16,21H,7-8,11-12H2,1H3. The molecule has 0 spiro atoms. The van der Waals surface area contributed by atoms with Gasteiger partial charge in [-0.2, -0.15) is 5.10 Å². The molecule has 1 aromatic heterocycles. The van der Waals surface area contributed by atoms with E-state index in [0.29, 0.717) is 12.1 Å². The van der Waals surface area contributed by atoms with Crippen LogP contribution in [0.2, 0.25) is 0 Å². The summed E-state index contributed by atoms with van der Waals surface area (Å²) in [7, 11) is 2.20. The summed E-state index contributed by atoms with van der Waals surface area (Å²) in [6.07, 6.45) is 7.83. The maximum atomic E-state index is 11.1. The molecule has 110 valence electrons. The molecule has 4 heteroatoms. The van der Waals surface area contributed by atoms with E-state index in [1.165, 1.54) is 12.8 Å². The minimum Gasteiger partial charge on any atom is -0.385 e. The fourth-order valence-corrected chi connectivity index (χ4v) is 4.03. The van der Waals surface area contributed by atoms with E-state index in [1.54, 1.807) is 6.20 Å². The third-order valence-electron chi connectivity index (χ3n) is 5.31. The fourth-order valence-electron chi connectivity index (χ4n) is 4.03. The van der Waals surface area contributed by atoms with E-state index in [-0.39, 0.29) is 0 Å². The summed E-state index contributed by atoms with van der Waals surface area (Å²) in [5, 5.41) is 15.4. The molecule has 2 saturated heterocycles. The fraction of sp³-hybridized carbons (Fsp3) is 0.471. The minimum absolute atomic E-state index is 0.527. The van der Waals surface area contributed by atoms with Gasteiger partial charge in [-0.25, -0.2) is 4.68 Å². The Labute approximate surface area is 125 Å². The number of aliphatic hydroxyl groups is 1. The number of piperidine rings is 1. The zero-order valence-corrected chi connectivity index (χ0v) is 12.3. The molecule has 4 nitrogen and oxygen atoms in total. The van der Waals surface area contributed by atoms with Crippen molar-refractivity contribution < 1.29 is 5.11 Å². The quantitative estimate of drug-likeness (QED) is 0.919. The molecule has 1 aromatic carbocycles. The number of hydrogen-bond donors (Lipinski definition) is 1. The number of benzene rings is 1. The largest absolute Gasteiger partial charge is 0.385 e. The van der Waals surface area contributed by atoms with Crippen LogP contribution in [0.4, 0.5) is 0 Å². The average molecular weight is 283 g/mol. The summed E-state index contributed by atoms with van der Waals surface area (Å²) < 4.78 is 1.84. The maximum absolute atomic E-state index is 11.1. The van der Waals surface area contributed by atoms with Crippen molar-refractivity contribution in [1.29, 1.82) is 0 Å². The molecule has 0 saturated carbocycles. The zero-order valence-electron chi connectivity index (χ0n) is 12.3. The first kappa shape index (κ1) is 13.0. The first-order valence-electron chi connectivity index (χ1n) is 7.71. The molecule has 4 rings (SSSR count). The molecule has 0 aliphatic carbocycles. The second-order valence-electron chi connectivity index (χ2n) is 6.49. The molecule has 0 amide bonds. The van der Waals surface area contributed by atoms with E-state index < -0.39 is 5.60 Å². The van der Waals surface area contributed by atoms with Gasteiger partial charge in [0.15, 0.2) is 0 Å². The highest BCUT2D eigenvalue weighted by atomic mass is 16.3. The van der Waals surface area contributed by atoms with Crippen LogP contribution in [0.15, 0.2) is 42.7 Å². The van der Waals surface area contributed by atoms with Gasteiger partial charge < -0.3 is 10.0 Å². The first-order valence-corrected chi connectivity index (χ1v) is 7.71. The van der Waals surface area contributed by atoms with E-state index in [0.717, 1.165) is 24.1 Å². The van der Waals surface area contributed by atoms with Gasteiger partial charge in [0.05, 0.1) is 11.3 Å². The Morgan fingerprint density at radius 2 is 1.81 bits per heavy atom. The van der Waals surface area contributed by atoms with Gasteiger partial charge in [0.25, 0.3) is 0 Å². The normalized spacial score (nSPS) is 32.5. The summed E-state index contributed by atoms with van der Waals surface area (Å²) in [5.41, 5.74) is 1.41. The summed E-state index contributed by atoms with van der Waals surface area (Å²) in [6, 6.07) is 11.2. The van der Waals surface area contributed by atoms with Gasteiger partial charge in [0, 0.05) is 24.5 Å². The summed E-state index contributed by atoms with van der Waals surface area (Å²) in [5.74, 6) is 0. The number of aromatic nitrogens is 2. The lowest BCUT2D eigenvalue weighted by Crippen LogP contribution is -2.47. The minimum atomic E-state index is -0.666. The Kier molecular flexibility index (Phi) is 2.91. The molecule has 3 heterocycles. The van der Waals surface area contributed by atoms with Crippen LogP contribution in [0.25, 0.3) is 5.69 Å². The van der Waals surface area contributed by atoms with Crippen molar-refractivity contribution in [3.63, 3.8) is 0 Å². The predicted octanol–water partition coefficient (Wildman–Crippen LogP) is 2.32. The zero-order chi connectivity index (χ0) is 14.4. The molecule has 2 bridgehead atoms. The highest BCUT2D eigenvalue weighted by Crippen LogP contribution is 2.44. The van der Waals surface area contributed by atoms with Gasteiger partial charge >= 0.3 is 0 Å². The van der Waals surface area contributed by atoms with E-state index in [9.17, 15) is 5.11 Å². The first-order chi connectivity index (χ1) is 10.2. The molecule has 2 fully saturated rings. The van der Waals surface area contributed by atoms with Crippen LogP contribution in [0.3, 0.4) is 0 Å². The average Bonchev–Trinajstić information content (AvgIpc) is 3.09. The lowest BCUT2D eigenvalue weighted by Gasteiger charge is -2.42. The van der Waals surface area contributed by atoms with Crippen molar-refractivity contribution >= 4 is 0 Å². The monoisotopic (exact) mass is 283 g/mol. The van der Waals surface area contributed by atoms with Gasteiger partial charge in [-0.15, -0.1) is 0 Å². The van der Waals surface area contributed by atoms with Crippen LogP contribution in [0.5, 0.6) is 0 Å². The summed E-state index contributed by atoms with van der Waals surface area (Å²) in [4.78, 5) is 2.45. The molecule has 2 aliphatic rings. The van der Waals surface area contributed by atoms with Crippen molar-refractivity contribution in [1.82, 2.24) is 14.7 Å². The molecule has 21 heavy (non-hydrogen) atoms.